The highest BCUT2D eigenvalue weighted by molar-refractivity contribution is 5.66. The largest absolute Gasteiger partial charge is 0.481 e. The first kappa shape index (κ1) is 29.9. The fourth-order valence-corrected chi connectivity index (χ4v) is 3.67. The van der Waals surface area contributed by atoms with Gasteiger partial charge >= 0.3 is 11.9 Å². The van der Waals surface area contributed by atoms with Gasteiger partial charge in [-0.25, -0.2) is 0 Å². The number of rotatable bonds is 21. The van der Waals surface area contributed by atoms with Gasteiger partial charge in [0.25, 0.3) is 0 Å². The van der Waals surface area contributed by atoms with Crippen molar-refractivity contribution in [2.24, 2.45) is 11.8 Å². The zero-order chi connectivity index (χ0) is 23.9. The summed E-state index contributed by atoms with van der Waals surface area (Å²) < 4.78 is 0. The Bertz CT molecular complexity index is 586. The van der Waals surface area contributed by atoms with Crippen molar-refractivity contribution < 1.29 is 19.8 Å². The highest BCUT2D eigenvalue weighted by atomic mass is 16.4. The van der Waals surface area contributed by atoms with E-state index in [1.165, 1.54) is 38.5 Å². The SMILES string of the molecule is CCCCC/C=C/C=C/C(CCCC(=O)O)C(/C=C/C=C/CCCC(=O)O)CCCCC. The summed E-state index contributed by atoms with van der Waals surface area (Å²) in [5, 5.41) is 17.8. The van der Waals surface area contributed by atoms with E-state index in [9.17, 15) is 9.59 Å². The van der Waals surface area contributed by atoms with Crippen LogP contribution < -0.4 is 0 Å². The minimum atomic E-state index is -0.750. The van der Waals surface area contributed by atoms with Crippen LogP contribution in [-0.2, 0) is 9.59 Å². The van der Waals surface area contributed by atoms with Crippen molar-refractivity contribution in [3.8, 4) is 0 Å². The number of carboxylic acids is 2. The van der Waals surface area contributed by atoms with Crippen molar-refractivity contribution >= 4 is 11.9 Å². The van der Waals surface area contributed by atoms with E-state index in [4.69, 9.17) is 10.2 Å². The fraction of sp³-hybridized carbons (Fsp3) is 0.643. The molecule has 0 aromatic carbocycles. The lowest BCUT2D eigenvalue weighted by Crippen LogP contribution is -2.12. The molecule has 0 fully saturated rings. The average molecular weight is 447 g/mol. The van der Waals surface area contributed by atoms with Gasteiger partial charge in [-0.15, -0.1) is 0 Å². The van der Waals surface area contributed by atoms with Gasteiger partial charge in [0.05, 0.1) is 0 Å². The van der Waals surface area contributed by atoms with Crippen molar-refractivity contribution in [1.82, 2.24) is 0 Å². The molecule has 2 N–H and O–H groups in total. The van der Waals surface area contributed by atoms with Gasteiger partial charge in [0.15, 0.2) is 0 Å². The molecular weight excluding hydrogens is 400 g/mol. The summed E-state index contributed by atoms with van der Waals surface area (Å²) in [6.45, 7) is 4.42. The molecule has 0 spiro atoms. The topological polar surface area (TPSA) is 74.6 Å². The van der Waals surface area contributed by atoms with Gasteiger partial charge in [-0.3, -0.25) is 9.59 Å². The molecule has 0 aliphatic rings. The molecule has 4 nitrogen and oxygen atoms in total. The molecule has 0 amide bonds. The molecule has 0 aliphatic carbocycles. The second-order valence-electron chi connectivity index (χ2n) is 8.52. The van der Waals surface area contributed by atoms with Gasteiger partial charge in [-0.1, -0.05) is 94.6 Å². The fourth-order valence-electron chi connectivity index (χ4n) is 3.67. The summed E-state index contributed by atoms with van der Waals surface area (Å²) in [6, 6.07) is 0. The smallest absolute Gasteiger partial charge is 0.303 e. The van der Waals surface area contributed by atoms with Crippen molar-refractivity contribution in [2.75, 3.05) is 0 Å². The summed E-state index contributed by atoms with van der Waals surface area (Å²) in [4.78, 5) is 21.6. The van der Waals surface area contributed by atoms with Crippen LogP contribution in [0.5, 0.6) is 0 Å². The number of aliphatic carboxylic acids is 2. The molecule has 0 heterocycles. The average Bonchev–Trinajstić information content (AvgIpc) is 2.75. The molecule has 0 radical (unpaired) electrons. The molecular formula is C28H46O4. The summed E-state index contributed by atoms with van der Waals surface area (Å²) >= 11 is 0. The van der Waals surface area contributed by atoms with E-state index in [1.807, 2.05) is 12.2 Å². The molecule has 0 bridgehead atoms. The zero-order valence-electron chi connectivity index (χ0n) is 20.4. The second kappa shape index (κ2) is 22.1. The third-order valence-corrected chi connectivity index (χ3v) is 5.57. The predicted molar refractivity (Wildman–Crippen MR) is 135 cm³/mol. The number of carboxylic acid groups (broad SMARTS) is 2. The Morgan fingerprint density at radius 1 is 0.625 bits per heavy atom. The summed E-state index contributed by atoms with van der Waals surface area (Å²) in [6.07, 6.45) is 30.0. The Kier molecular flexibility index (Phi) is 20.7. The molecule has 2 atom stereocenters. The second-order valence-corrected chi connectivity index (χ2v) is 8.52. The molecule has 2 unspecified atom stereocenters. The van der Waals surface area contributed by atoms with E-state index >= 15 is 0 Å². The van der Waals surface area contributed by atoms with Crippen LogP contribution in [0.15, 0.2) is 48.6 Å². The Labute approximate surface area is 196 Å². The lowest BCUT2D eigenvalue weighted by Gasteiger charge is -2.22. The highest BCUT2D eigenvalue weighted by Gasteiger charge is 2.16. The summed E-state index contributed by atoms with van der Waals surface area (Å²) in [7, 11) is 0. The molecule has 0 saturated heterocycles. The van der Waals surface area contributed by atoms with Gasteiger partial charge in [-0.2, -0.15) is 0 Å². The standard InChI is InChI=1S/C28H46O4/c1-3-5-7-8-9-11-15-21-26(22-18-24-28(31)32)25(19-14-6-4-2)20-16-12-10-13-17-23-27(29)30/h9-12,15-16,20-21,25-26H,3-8,13-14,17-19,22-24H2,1-2H3,(H,29,30)(H,31,32)/b11-9+,12-10+,20-16+,21-15+. The highest BCUT2D eigenvalue weighted by Crippen LogP contribution is 2.27. The van der Waals surface area contributed by atoms with Gasteiger partial charge in [0.2, 0.25) is 0 Å². The van der Waals surface area contributed by atoms with Crippen molar-refractivity contribution in [1.29, 1.82) is 0 Å². The van der Waals surface area contributed by atoms with Crippen LogP contribution in [0, 0.1) is 11.8 Å². The van der Waals surface area contributed by atoms with Crippen molar-refractivity contribution in [3.63, 3.8) is 0 Å². The lowest BCUT2D eigenvalue weighted by atomic mass is 9.83. The van der Waals surface area contributed by atoms with E-state index in [-0.39, 0.29) is 12.8 Å². The Morgan fingerprint density at radius 3 is 1.62 bits per heavy atom. The van der Waals surface area contributed by atoms with Crippen LogP contribution >= 0.6 is 0 Å². The predicted octanol–water partition coefficient (Wildman–Crippen LogP) is 8.11. The lowest BCUT2D eigenvalue weighted by molar-refractivity contribution is -0.138. The Hall–Kier alpha value is -2.10. The van der Waals surface area contributed by atoms with Gasteiger partial charge < -0.3 is 10.2 Å². The maximum atomic E-state index is 11.0. The van der Waals surface area contributed by atoms with E-state index in [2.05, 4.69) is 50.3 Å². The maximum absolute atomic E-state index is 11.0. The molecule has 0 saturated carbocycles. The van der Waals surface area contributed by atoms with Crippen LogP contribution in [-0.4, -0.2) is 22.2 Å². The third kappa shape index (κ3) is 19.8. The minimum Gasteiger partial charge on any atom is -0.481 e. The third-order valence-electron chi connectivity index (χ3n) is 5.57. The van der Waals surface area contributed by atoms with E-state index < -0.39 is 11.9 Å². The molecule has 0 aromatic heterocycles. The van der Waals surface area contributed by atoms with Crippen LogP contribution in [0.1, 0.15) is 104 Å². The van der Waals surface area contributed by atoms with Gasteiger partial charge in [0, 0.05) is 12.8 Å². The summed E-state index contributed by atoms with van der Waals surface area (Å²) in [5.41, 5.74) is 0. The Morgan fingerprint density at radius 2 is 1.09 bits per heavy atom. The first-order chi connectivity index (χ1) is 15.5. The number of carbonyl (C=O) groups is 2. The number of unbranched alkanes of at least 4 members (excludes halogenated alkanes) is 6. The molecule has 32 heavy (non-hydrogen) atoms. The molecule has 4 heteroatoms. The van der Waals surface area contributed by atoms with Gasteiger partial charge in [-0.05, 0) is 56.8 Å². The maximum Gasteiger partial charge on any atom is 0.303 e. The van der Waals surface area contributed by atoms with Crippen LogP contribution in [0.4, 0.5) is 0 Å². The van der Waals surface area contributed by atoms with E-state index in [0.29, 0.717) is 24.7 Å². The first-order valence-corrected chi connectivity index (χ1v) is 12.6. The van der Waals surface area contributed by atoms with Crippen LogP contribution in [0.2, 0.25) is 0 Å². The number of hydrogen-bond acceptors (Lipinski definition) is 2. The quantitative estimate of drug-likeness (QED) is 0.138. The minimum absolute atomic E-state index is 0.204. The van der Waals surface area contributed by atoms with E-state index in [1.54, 1.807) is 0 Å². The molecule has 182 valence electrons. The normalized spacial score (nSPS) is 14.2. The van der Waals surface area contributed by atoms with Crippen molar-refractivity contribution in [3.05, 3.63) is 48.6 Å². The number of hydrogen-bond donors (Lipinski definition) is 2. The summed E-state index contributed by atoms with van der Waals surface area (Å²) in [5.74, 6) is -0.779. The monoisotopic (exact) mass is 446 g/mol. The van der Waals surface area contributed by atoms with Crippen LogP contribution in [0.3, 0.4) is 0 Å². The van der Waals surface area contributed by atoms with Crippen molar-refractivity contribution in [2.45, 2.75) is 104 Å². The number of allylic oxidation sites excluding steroid dienone is 8. The zero-order valence-corrected chi connectivity index (χ0v) is 20.4. The molecule has 0 aliphatic heterocycles. The Balaban J connectivity index is 5.06. The van der Waals surface area contributed by atoms with Gasteiger partial charge in [0.1, 0.15) is 0 Å². The molecule has 0 aromatic rings. The first-order valence-electron chi connectivity index (χ1n) is 12.6. The van der Waals surface area contributed by atoms with E-state index in [0.717, 1.165) is 25.7 Å². The molecule has 0 rings (SSSR count). The van der Waals surface area contributed by atoms with Crippen LogP contribution in [0.25, 0.3) is 0 Å².